The average molecular weight is 293 g/mol. The third-order valence-electron chi connectivity index (χ3n) is 3.73. The number of nitrogens with one attached hydrogen (secondary N) is 1. The number of aromatic nitrogens is 1. The number of pyridine rings is 1. The van der Waals surface area contributed by atoms with Crippen LogP contribution >= 0.6 is 0 Å². The summed E-state index contributed by atoms with van der Waals surface area (Å²) in [5.74, 6) is 0. The van der Waals surface area contributed by atoms with Crippen LogP contribution in [-0.4, -0.2) is 13.1 Å². The highest BCUT2D eigenvalue weighted by atomic mass is 28.3. The van der Waals surface area contributed by atoms with Gasteiger partial charge in [-0.3, -0.25) is 4.79 Å². The molecule has 0 saturated heterocycles. The number of aromatic amines is 1. The summed E-state index contributed by atoms with van der Waals surface area (Å²) in [7, 11) is -1.77. The minimum Gasteiger partial charge on any atom is -0.322 e. The normalized spacial score (nSPS) is 11.8. The van der Waals surface area contributed by atoms with Gasteiger partial charge in [0.05, 0.1) is 8.07 Å². The Bertz CT molecular complexity index is 844. The Morgan fingerprint density at radius 1 is 0.857 bits per heavy atom. The van der Waals surface area contributed by atoms with E-state index in [-0.39, 0.29) is 5.56 Å². The largest absolute Gasteiger partial charge is 0.322 e. The highest BCUT2D eigenvalue weighted by Gasteiger charge is 2.26. The van der Waals surface area contributed by atoms with E-state index in [1.807, 2.05) is 36.4 Å². The van der Waals surface area contributed by atoms with Gasteiger partial charge in [-0.15, -0.1) is 0 Å². The van der Waals surface area contributed by atoms with Crippen LogP contribution in [0.25, 0.3) is 22.0 Å². The van der Waals surface area contributed by atoms with Crippen molar-refractivity contribution < 1.29 is 0 Å². The fourth-order valence-corrected chi connectivity index (χ4v) is 4.64. The Hall–Kier alpha value is -2.13. The van der Waals surface area contributed by atoms with Gasteiger partial charge in [-0.25, -0.2) is 0 Å². The Morgan fingerprint density at radius 3 is 2.14 bits per heavy atom. The molecule has 2 nitrogen and oxygen atoms in total. The van der Waals surface area contributed by atoms with E-state index in [9.17, 15) is 4.79 Å². The lowest BCUT2D eigenvalue weighted by Crippen LogP contribution is -2.49. The van der Waals surface area contributed by atoms with Crippen LogP contribution in [0.15, 0.2) is 59.4 Å². The zero-order chi connectivity index (χ0) is 15.0. The molecule has 0 saturated carbocycles. The summed E-state index contributed by atoms with van der Waals surface area (Å²) in [6, 6.07) is 18.3. The van der Waals surface area contributed by atoms with Gasteiger partial charge in [0.2, 0.25) is 5.56 Å². The third-order valence-corrected chi connectivity index (χ3v) is 5.71. The van der Waals surface area contributed by atoms with Crippen molar-refractivity contribution in [3.05, 3.63) is 65.0 Å². The lowest BCUT2D eigenvalue weighted by atomic mass is 10.0. The maximum Gasteiger partial charge on any atom is 0.248 e. The number of fused-ring (bicyclic) bond motifs is 1. The molecule has 0 bridgehead atoms. The Labute approximate surface area is 125 Å². The first kappa shape index (κ1) is 13.8. The maximum atomic E-state index is 12.7. The molecule has 1 N–H and O–H groups in total. The first-order valence-corrected chi connectivity index (χ1v) is 10.7. The fourth-order valence-electron chi connectivity index (χ4n) is 2.86. The van der Waals surface area contributed by atoms with Gasteiger partial charge in [-0.1, -0.05) is 68.2 Å². The van der Waals surface area contributed by atoms with Gasteiger partial charge in [0.15, 0.2) is 0 Å². The van der Waals surface area contributed by atoms with Crippen LogP contribution in [0.4, 0.5) is 0 Å². The molecule has 0 radical (unpaired) electrons. The van der Waals surface area contributed by atoms with E-state index in [0.29, 0.717) is 0 Å². The molecule has 21 heavy (non-hydrogen) atoms. The predicted octanol–water partition coefficient (Wildman–Crippen LogP) is 3.74. The smallest absolute Gasteiger partial charge is 0.248 e. The van der Waals surface area contributed by atoms with Crippen LogP contribution < -0.4 is 10.7 Å². The Kier molecular flexibility index (Phi) is 3.30. The first-order valence-electron chi connectivity index (χ1n) is 7.19. The van der Waals surface area contributed by atoms with E-state index < -0.39 is 8.07 Å². The van der Waals surface area contributed by atoms with Gasteiger partial charge in [0, 0.05) is 16.1 Å². The van der Waals surface area contributed by atoms with Gasteiger partial charge in [-0.2, -0.15) is 0 Å². The molecule has 1 aromatic heterocycles. The second-order valence-electron chi connectivity index (χ2n) is 6.37. The molecule has 0 fully saturated rings. The minimum atomic E-state index is -1.77. The van der Waals surface area contributed by atoms with Crippen LogP contribution in [0.2, 0.25) is 19.6 Å². The summed E-state index contributed by atoms with van der Waals surface area (Å²) in [5.41, 5.74) is 3.20. The summed E-state index contributed by atoms with van der Waals surface area (Å²) in [5, 5.41) is 2.10. The van der Waals surface area contributed by atoms with Crippen LogP contribution in [0.5, 0.6) is 0 Å². The zero-order valence-electron chi connectivity index (χ0n) is 12.6. The lowest BCUT2D eigenvalue weighted by Gasteiger charge is -2.21. The van der Waals surface area contributed by atoms with Crippen LogP contribution in [0.3, 0.4) is 0 Å². The Balaban J connectivity index is 2.52. The van der Waals surface area contributed by atoms with Crippen molar-refractivity contribution in [2.45, 2.75) is 19.6 Å². The first-order chi connectivity index (χ1) is 9.98. The topological polar surface area (TPSA) is 32.9 Å². The molecule has 106 valence electrons. The lowest BCUT2D eigenvalue weighted by molar-refractivity contribution is 1.32. The average Bonchev–Trinajstić information content (AvgIpc) is 2.45. The second-order valence-corrected chi connectivity index (χ2v) is 11.4. The van der Waals surface area contributed by atoms with Gasteiger partial charge in [0.25, 0.3) is 0 Å². The summed E-state index contributed by atoms with van der Waals surface area (Å²) >= 11 is 0. The van der Waals surface area contributed by atoms with E-state index in [1.165, 1.54) is 0 Å². The summed E-state index contributed by atoms with van der Waals surface area (Å²) in [6.45, 7) is 6.66. The molecule has 0 aliphatic carbocycles. The van der Waals surface area contributed by atoms with E-state index in [1.54, 1.807) is 0 Å². The van der Waals surface area contributed by atoms with Gasteiger partial charge < -0.3 is 4.98 Å². The van der Waals surface area contributed by atoms with Crippen LogP contribution in [-0.2, 0) is 0 Å². The van der Waals surface area contributed by atoms with Gasteiger partial charge >= 0.3 is 0 Å². The molecule has 0 atom stereocenters. The third kappa shape index (κ3) is 2.45. The molecule has 0 unspecified atom stereocenters. The Morgan fingerprint density at radius 2 is 1.48 bits per heavy atom. The highest BCUT2D eigenvalue weighted by Crippen LogP contribution is 2.26. The molecule has 0 spiro atoms. The molecular formula is C18H19NOSi. The monoisotopic (exact) mass is 293 g/mol. The number of H-pyrrole nitrogens is 1. The molecular weight excluding hydrogens is 274 g/mol. The number of hydrogen-bond donors (Lipinski definition) is 1. The van der Waals surface area contributed by atoms with Crippen molar-refractivity contribution in [3.8, 4) is 11.1 Å². The molecule has 2 aromatic carbocycles. The number of rotatable bonds is 2. The molecule has 0 aliphatic rings. The van der Waals surface area contributed by atoms with Crippen molar-refractivity contribution in [2.24, 2.45) is 0 Å². The van der Waals surface area contributed by atoms with E-state index >= 15 is 0 Å². The summed E-state index contributed by atoms with van der Waals surface area (Å²) < 4.78 is 0. The van der Waals surface area contributed by atoms with E-state index in [0.717, 1.165) is 27.2 Å². The minimum absolute atomic E-state index is 0.0618. The predicted molar refractivity (Wildman–Crippen MR) is 93.0 cm³/mol. The molecule has 3 heteroatoms. The van der Waals surface area contributed by atoms with E-state index in [4.69, 9.17) is 0 Å². The van der Waals surface area contributed by atoms with Crippen LogP contribution in [0, 0.1) is 0 Å². The van der Waals surface area contributed by atoms with Gasteiger partial charge in [-0.05, 0) is 17.2 Å². The summed E-state index contributed by atoms with van der Waals surface area (Å²) in [6.07, 6.45) is 0. The highest BCUT2D eigenvalue weighted by molar-refractivity contribution is 6.89. The van der Waals surface area contributed by atoms with Gasteiger partial charge in [0.1, 0.15) is 0 Å². The van der Waals surface area contributed by atoms with Crippen molar-refractivity contribution in [3.63, 3.8) is 0 Å². The van der Waals surface area contributed by atoms with Crippen LogP contribution in [0.1, 0.15) is 0 Å². The van der Waals surface area contributed by atoms with Crippen molar-refractivity contribution in [1.82, 2.24) is 4.98 Å². The fraction of sp³-hybridized carbons (Fsp3) is 0.167. The number of benzene rings is 2. The van der Waals surface area contributed by atoms with Crippen molar-refractivity contribution in [1.29, 1.82) is 0 Å². The molecule has 3 rings (SSSR count). The maximum absolute atomic E-state index is 12.7. The standard InChI is InChI=1S/C18H19NOSi/c1-21(2,3)17-16(13-9-5-4-6-10-13)14-11-7-8-12-15(14)19-18(17)20/h4-12H,1-3H3,(H,19,20). The molecule has 1 heterocycles. The zero-order valence-corrected chi connectivity index (χ0v) is 13.6. The molecule has 3 aromatic rings. The quantitative estimate of drug-likeness (QED) is 0.717. The molecule has 0 aliphatic heterocycles. The van der Waals surface area contributed by atoms with Crippen molar-refractivity contribution >= 4 is 24.2 Å². The summed E-state index contributed by atoms with van der Waals surface area (Å²) in [4.78, 5) is 15.7. The second kappa shape index (κ2) is 5.01. The molecule has 0 amide bonds. The SMILES string of the molecule is C[Si](C)(C)c1c(-c2ccccc2)c2ccccc2[nH]c1=O. The van der Waals surface area contributed by atoms with Crippen molar-refractivity contribution in [2.75, 3.05) is 0 Å². The van der Waals surface area contributed by atoms with E-state index in [2.05, 4.69) is 42.8 Å². The number of para-hydroxylation sites is 1. The number of hydrogen-bond acceptors (Lipinski definition) is 1.